The molecular weight excluding hydrogens is 238 g/mol. The fourth-order valence-electron chi connectivity index (χ4n) is 2.66. The Hall–Kier alpha value is -1.35. The van der Waals surface area contributed by atoms with Gasteiger partial charge in [0.15, 0.2) is 0 Å². The van der Waals surface area contributed by atoms with Crippen molar-refractivity contribution in [3.05, 3.63) is 35.9 Å². The van der Waals surface area contributed by atoms with Gasteiger partial charge in [0.25, 0.3) is 0 Å². The van der Waals surface area contributed by atoms with Crippen molar-refractivity contribution in [3.8, 4) is 0 Å². The van der Waals surface area contributed by atoms with E-state index in [4.69, 9.17) is 4.74 Å². The van der Waals surface area contributed by atoms with E-state index in [9.17, 15) is 4.79 Å². The van der Waals surface area contributed by atoms with Gasteiger partial charge in [0.1, 0.15) is 6.04 Å². The fourth-order valence-corrected chi connectivity index (χ4v) is 2.66. The average Bonchev–Trinajstić information content (AvgIpc) is 2.93. The first kappa shape index (κ1) is 14.1. The van der Waals surface area contributed by atoms with Crippen molar-refractivity contribution in [1.29, 1.82) is 0 Å². The summed E-state index contributed by atoms with van der Waals surface area (Å²) in [6, 6.07) is 10.3. The van der Waals surface area contributed by atoms with E-state index in [0.717, 1.165) is 38.8 Å². The molecule has 3 nitrogen and oxygen atoms in total. The molecule has 0 N–H and O–H groups in total. The standard InChI is InChI=1S/C16H23NO2/c1-2-17-12-6-11-15(17)16(18)19-13-7-10-14-8-4-3-5-9-14/h3-5,8-9,15H,2,6-7,10-13H2,1H3. The highest BCUT2D eigenvalue weighted by molar-refractivity contribution is 5.76. The van der Waals surface area contributed by atoms with Crippen LogP contribution < -0.4 is 0 Å². The molecule has 0 bridgehead atoms. The quantitative estimate of drug-likeness (QED) is 0.582. The maximum Gasteiger partial charge on any atom is 0.323 e. The van der Waals surface area contributed by atoms with Crippen molar-refractivity contribution in [2.75, 3.05) is 19.7 Å². The minimum atomic E-state index is -0.0348. The van der Waals surface area contributed by atoms with Crippen LogP contribution in [0.5, 0.6) is 0 Å². The van der Waals surface area contributed by atoms with Gasteiger partial charge in [-0.3, -0.25) is 9.69 Å². The van der Waals surface area contributed by atoms with Crippen LogP contribution in [0, 0.1) is 0 Å². The van der Waals surface area contributed by atoms with E-state index in [2.05, 4.69) is 24.0 Å². The monoisotopic (exact) mass is 261 g/mol. The Labute approximate surface area is 115 Å². The Morgan fingerprint density at radius 1 is 1.37 bits per heavy atom. The largest absolute Gasteiger partial charge is 0.465 e. The number of aryl methyl sites for hydroxylation is 1. The van der Waals surface area contributed by atoms with Crippen molar-refractivity contribution in [3.63, 3.8) is 0 Å². The summed E-state index contributed by atoms with van der Waals surface area (Å²) < 4.78 is 5.40. The average molecular weight is 261 g/mol. The second-order valence-electron chi connectivity index (χ2n) is 5.04. The molecule has 19 heavy (non-hydrogen) atoms. The molecule has 0 saturated carbocycles. The maximum absolute atomic E-state index is 12.0. The van der Waals surface area contributed by atoms with Crippen molar-refractivity contribution >= 4 is 5.97 Å². The molecule has 1 aliphatic rings. The zero-order valence-electron chi connectivity index (χ0n) is 11.7. The highest BCUT2D eigenvalue weighted by Gasteiger charge is 2.30. The molecule has 1 unspecified atom stereocenters. The number of rotatable bonds is 6. The van der Waals surface area contributed by atoms with Gasteiger partial charge < -0.3 is 4.74 Å². The van der Waals surface area contributed by atoms with E-state index in [1.165, 1.54) is 5.56 Å². The lowest BCUT2D eigenvalue weighted by atomic mass is 10.1. The van der Waals surface area contributed by atoms with E-state index in [1.807, 2.05) is 18.2 Å². The zero-order valence-corrected chi connectivity index (χ0v) is 11.7. The third-order valence-corrected chi connectivity index (χ3v) is 3.74. The lowest BCUT2D eigenvalue weighted by molar-refractivity contribution is -0.149. The van der Waals surface area contributed by atoms with Gasteiger partial charge in [0, 0.05) is 0 Å². The highest BCUT2D eigenvalue weighted by atomic mass is 16.5. The molecule has 1 heterocycles. The topological polar surface area (TPSA) is 29.5 Å². The number of ether oxygens (including phenoxy) is 1. The summed E-state index contributed by atoms with van der Waals surface area (Å²) in [5, 5.41) is 0. The number of likely N-dealkylation sites (N-methyl/N-ethyl adjacent to an activating group) is 1. The van der Waals surface area contributed by atoms with Gasteiger partial charge >= 0.3 is 5.97 Å². The normalized spacial score (nSPS) is 19.5. The minimum absolute atomic E-state index is 0.00160. The second kappa shape index (κ2) is 7.29. The first-order valence-corrected chi connectivity index (χ1v) is 7.26. The lowest BCUT2D eigenvalue weighted by Crippen LogP contribution is -2.37. The van der Waals surface area contributed by atoms with Gasteiger partial charge in [0.2, 0.25) is 0 Å². The van der Waals surface area contributed by atoms with Crippen LogP contribution in [0.1, 0.15) is 31.7 Å². The van der Waals surface area contributed by atoms with E-state index < -0.39 is 0 Å². The molecule has 1 aromatic carbocycles. The molecule has 0 radical (unpaired) electrons. The summed E-state index contributed by atoms with van der Waals surface area (Å²) in [7, 11) is 0. The van der Waals surface area contributed by atoms with Crippen molar-refractivity contribution in [2.24, 2.45) is 0 Å². The van der Waals surface area contributed by atoms with E-state index in [0.29, 0.717) is 6.61 Å². The molecule has 1 aromatic rings. The second-order valence-corrected chi connectivity index (χ2v) is 5.04. The number of likely N-dealkylation sites (tertiary alicyclic amines) is 1. The van der Waals surface area contributed by atoms with Crippen LogP contribution in [0.4, 0.5) is 0 Å². The molecule has 1 aliphatic heterocycles. The van der Waals surface area contributed by atoms with Crippen molar-refractivity contribution in [2.45, 2.75) is 38.6 Å². The number of hydrogen-bond acceptors (Lipinski definition) is 3. The van der Waals surface area contributed by atoms with Crippen LogP contribution in [-0.2, 0) is 16.0 Å². The molecule has 0 amide bonds. The fraction of sp³-hybridized carbons (Fsp3) is 0.562. The number of carbonyl (C=O) groups is 1. The van der Waals surface area contributed by atoms with Crippen LogP contribution in [0.15, 0.2) is 30.3 Å². The molecular formula is C16H23NO2. The molecule has 0 aromatic heterocycles. The van der Waals surface area contributed by atoms with Gasteiger partial charge in [0.05, 0.1) is 6.61 Å². The Bertz CT molecular complexity index is 391. The number of benzene rings is 1. The lowest BCUT2D eigenvalue weighted by Gasteiger charge is -2.20. The van der Waals surface area contributed by atoms with E-state index in [-0.39, 0.29) is 12.0 Å². The number of nitrogens with zero attached hydrogens (tertiary/aromatic N) is 1. The third-order valence-electron chi connectivity index (χ3n) is 3.74. The molecule has 1 atom stereocenters. The van der Waals surface area contributed by atoms with Gasteiger partial charge in [-0.1, -0.05) is 37.3 Å². The molecule has 0 aliphatic carbocycles. The van der Waals surface area contributed by atoms with Crippen LogP contribution in [-0.4, -0.2) is 36.6 Å². The molecule has 2 rings (SSSR count). The summed E-state index contributed by atoms with van der Waals surface area (Å²) in [6.07, 6.45) is 3.92. The van der Waals surface area contributed by atoms with Crippen LogP contribution >= 0.6 is 0 Å². The van der Waals surface area contributed by atoms with E-state index in [1.54, 1.807) is 0 Å². The highest BCUT2D eigenvalue weighted by Crippen LogP contribution is 2.17. The summed E-state index contributed by atoms with van der Waals surface area (Å²) in [5.74, 6) is -0.0348. The SMILES string of the molecule is CCN1CCCC1C(=O)OCCCc1ccccc1. The van der Waals surface area contributed by atoms with Crippen LogP contribution in [0.25, 0.3) is 0 Å². The van der Waals surface area contributed by atoms with E-state index >= 15 is 0 Å². The predicted octanol–water partition coefficient (Wildman–Crippen LogP) is 2.65. The number of carbonyl (C=O) groups excluding carboxylic acids is 1. The summed E-state index contributed by atoms with van der Waals surface area (Å²) >= 11 is 0. The Morgan fingerprint density at radius 2 is 2.16 bits per heavy atom. The molecule has 1 fully saturated rings. The molecule has 3 heteroatoms. The number of esters is 1. The summed E-state index contributed by atoms with van der Waals surface area (Å²) in [5.41, 5.74) is 1.30. The Kier molecular flexibility index (Phi) is 5.40. The first-order valence-electron chi connectivity index (χ1n) is 7.26. The Balaban J connectivity index is 1.67. The minimum Gasteiger partial charge on any atom is -0.465 e. The smallest absolute Gasteiger partial charge is 0.323 e. The molecule has 104 valence electrons. The van der Waals surface area contributed by atoms with Crippen molar-refractivity contribution < 1.29 is 9.53 Å². The Morgan fingerprint density at radius 3 is 2.89 bits per heavy atom. The van der Waals surface area contributed by atoms with Crippen molar-refractivity contribution in [1.82, 2.24) is 4.90 Å². The van der Waals surface area contributed by atoms with Gasteiger partial charge in [-0.2, -0.15) is 0 Å². The zero-order chi connectivity index (χ0) is 13.5. The van der Waals surface area contributed by atoms with Crippen LogP contribution in [0.3, 0.4) is 0 Å². The molecule has 0 spiro atoms. The summed E-state index contributed by atoms with van der Waals surface area (Å²) in [6.45, 7) is 4.59. The molecule has 1 saturated heterocycles. The predicted molar refractivity (Wildman–Crippen MR) is 76.0 cm³/mol. The van der Waals surface area contributed by atoms with Gasteiger partial charge in [-0.05, 0) is 44.3 Å². The summed E-state index contributed by atoms with van der Waals surface area (Å²) in [4.78, 5) is 14.2. The maximum atomic E-state index is 12.0. The van der Waals surface area contributed by atoms with Crippen LogP contribution in [0.2, 0.25) is 0 Å². The third kappa shape index (κ3) is 4.06. The first-order chi connectivity index (χ1) is 9.31. The van der Waals surface area contributed by atoms with Gasteiger partial charge in [-0.25, -0.2) is 0 Å². The number of hydrogen-bond donors (Lipinski definition) is 0. The van der Waals surface area contributed by atoms with Gasteiger partial charge in [-0.15, -0.1) is 0 Å².